The first-order valence-electron chi connectivity index (χ1n) is 21.1. The first-order valence-corrected chi connectivity index (χ1v) is 21.9. The third-order valence-corrected chi connectivity index (χ3v) is 15.0. The summed E-state index contributed by atoms with van der Waals surface area (Å²) in [4.78, 5) is 9.53. The minimum atomic E-state index is -0.0886. The fraction of sp³-hybridized carbons (Fsp3) is 0.367. The molecule has 4 aliphatic carbocycles. The third-order valence-electron chi connectivity index (χ3n) is 13.6. The molecule has 56 heavy (non-hydrogen) atoms. The van der Waals surface area contributed by atoms with E-state index in [4.69, 9.17) is 4.99 Å². The molecule has 7 heteroatoms. The fourth-order valence-corrected chi connectivity index (χ4v) is 12.1. The average molecular weight is 756 g/mol. The van der Waals surface area contributed by atoms with Crippen molar-refractivity contribution in [2.45, 2.75) is 74.7 Å². The van der Waals surface area contributed by atoms with Gasteiger partial charge in [-0.15, -0.1) is 24.4 Å². The lowest BCUT2D eigenvalue weighted by Crippen LogP contribution is -2.58. The van der Waals surface area contributed by atoms with Gasteiger partial charge in [0, 0.05) is 68.3 Å². The van der Waals surface area contributed by atoms with Crippen LogP contribution in [0.1, 0.15) is 77.8 Å². The smallest absolute Gasteiger partial charge is 0.131 e. The Balaban J connectivity index is 0.933. The predicted molar refractivity (Wildman–Crippen MR) is 234 cm³/mol. The summed E-state index contributed by atoms with van der Waals surface area (Å²) in [6, 6.07) is 14.6. The van der Waals surface area contributed by atoms with Gasteiger partial charge in [-0.3, -0.25) is 5.32 Å². The van der Waals surface area contributed by atoms with E-state index in [9.17, 15) is 0 Å². The first-order chi connectivity index (χ1) is 27.8. The van der Waals surface area contributed by atoms with Crippen LogP contribution < -0.4 is 20.9 Å². The zero-order valence-electron chi connectivity index (χ0n) is 31.9. The predicted octanol–water partition coefficient (Wildman–Crippen LogP) is 10.3. The zero-order chi connectivity index (χ0) is 37.0. The quantitative estimate of drug-likeness (QED) is 0.210. The zero-order valence-corrected chi connectivity index (χ0v) is 32.8. The minimum absolute atomic E-state index is 0.0886. The van der Waals surface area contributed by atoms with Crippen LogP contribution in [0.4, 0.5) is 11.4 Å². The topological polar surface area (TPSA) is 65.8 Å². The summed E-state index contributed by atoms with van der Waals surface area (Å²) in [7, 11) is 0. The van der Waals surface area contributed by atoms with Crippen molar-refractivity contribution in [2.24, 2.45) is 22.7 Å². The Kier molecular flexibility index (Phi) is 9.05. The molecule has 0 radical (unpaired) electrons. The van der Waals surface area contributed by atoms with Gasteiger partial charge in [-0.25, -0.2) is 4.99 Å². The lowest BCUT2D eigenvalue weighted by atomic mass is 9.77. The summed E-state index contributed by atoms with van der Waals surface area (Å²) in [5.74, 6) is 4.05. The Hall–Kier alpha value is -4.69. The fourth-order valence-electron chi connectivity index (χ4n) is 10.5. The summed E-state index contributed by atoms with van der Waals surface area (Å²) < 4.78 is 1.50. The van der Waals surface area contributed by atoms with Crippen molar-refractivity contribution >= 4 is 38.6 Å². The second-order valence-electron chi connectivity index (χ2n) is 16.8. The van der Waals surface area contributed by atoms with Crippen molar-refractivity contribution in [1.82, 2.24) is 16.0 Å². The van der Waals surface area contributed by atoms with E-state index < -0.39 is 0 Å². The van der Waals surface area contributed by atoms with Gasteiger partial charge in [-0.2, -0.15) is 0 Å². The number of benzene rings is 2. The number of anilines is 2. The van der Waals surface area contributed by atoms with Crippen molar-refractivity contribution < 1.29 is 0 Å². The SMILES string of the molecule is C1=CCC(c2sc3c4c(ccc3c2C2C=CC=CC2)N(c2ccc(C3=NC(C5=CCNC=C5)NC(C5C=CC(C6C[N-]C6)CC5)N3)cc2)C2CCC=CC42)C=C1. The van der Waals surface area contributed by atoms with Crippen LogP contribution >= 0.6 is 11.3 Å². The monoisotopic (exact) mass is 755 g/mol. The van der Waals surface area contributed by atoms with E-state index in [0.29, 0.717) is 35.6 Å². The van der Waals surface area contributed by atoms with E-state index in [1.54, 1.807) is 10.4 Å². The number of nitrogens with one attached hydrogen (secondary N) is 3. The molecule has 0 saturated carbocycles. The molecule has 11 rings (SSSR count). The molecule has 3 aromatic rings. The number of amidine groups is 1. The maximum Gasteiger partial charge on any atom is 0.131 e. The molecule has 1 fully saturated rings. The average Bonchev–Trinajstić information content (AvgIpc) is 3.81. The van der Waals surface area contributed by atoms with Crippen molar-refractivity contribution in [3.63, 3.8) is 0 Å². The van der Waals surface area contributed by atoms with Crippen molar-refractivity contribution in [1.29, 1.82) is 0 Å². The standard InChI is InChI=1S/C49H51N6S/c1-3-9-32(10-4-1)43-40-23-24-42-44(46(40)56-45(43)33-11-5-2-6-12-33)39-13-7-8-14-41(39)55(42)38-21-19-35(20-22-38)48-52-47(53-49(54-48)36-25-27-50-28-26-36)34-17-15-31(16-18-34)37-29-51-30-37/h1-7,9,11,13,15,17,19-27,31-34,37,39,41,47,49-50,53H,8,10,12,14,16,18,28-30H2,(H,52,54)/q-1. The number of aliphatic imine (C=N–C) groups is 1. The van der Waals surface area contributed by atoms with Gasteiger partial charge < -0.3 is 20.9 Å². The number of allylic oxidation sites excluding steroid dienone is 10. The van der Waals surface area contributed by atoms with Crippen LogP contribution in [0, 0.1) is 17.8 Å². The third kappa shape index (κ3) is 6.10. The van der Waals surface area contributed by atoms with Gasteiger partial charge in [0.05, 0.1) is 6.17 Å². The molecule has 8 aliphatic rings. The molecule has 1 aromatic heterocycles. The number of hydrogen-bond donors (Lipinski definition) is 3. The molecule has 4 aliphatic heterocycles. The number of rotatable bonds is 7. The maximum absolute atomic E-state index is 5.31. The van der Waals surface area contributed by atoms with Crippen LogP contribution in [-0.4, -0.2) is 43.8 Å². The summed E-state index contributed by atoms with van der Waals surface area (Å²) >= 11 is 2.08. The van der Waals surface area contributed by atoms with Crippen molar-refractivity contribution in [3.8, 4) is 0 Å². The van der Waals surface area contributed by atoms with E-state index in [0.717, 1.165) is 62.6 Å². The van der Waals surface area contributed by atoms with Crippen LogP contribution in [0.15, 0.2) is 138 Å². The molecule has 3 N–H and O–H groups in total. The van der Waals surface area contributed by atoms with Crippen LogP contribution in [0.2, 0.25) is 0 Å². The molecular weight excluding hydrogens is 705 g/mol. The van der Waals surface area contributed by atoms with Gasteiger partial charge in [-0.1, -0.05) is 91.0 Å². The summed E-state index contributed by atoms with van der Waals surface area (Å²) in [6.07, 6.45) is 41.7. The number of fused-ring (bicyclic) bond motifs is 5. The highest BCUT2D eigenvalue weighted by atomic mass is 32.1. The Morgan fingerprint density at radius 3 is 2.34 bits per heavy atom. The van der Waals surface area contributed by atoms with Crippen LogP contribution in [-0.2, 0) is 0 Å². The lowest BCUT2D eigenvalue weighted by Gasteiger charge is -2.47. The summed E-state index contributed by atoms with van der Waals surface area (Å²) in [5.41, 5.74) is 8.10. The van der Waals surface area contributed by atoms with Gasteiger partial charge >= 0.3 is 0 Å². The van der Waals surface area contributed by atoms with E-state index in [-0.39, 0.29) is 12.3 Å². The van der Waals surface area contributed by atoms with Gasteiger partial charge in [0.15, 0.2) is 0 Å². The highest BCUT2D eigenvalue weighted by Crippen LogP contribution is 2.55. The summed E-state index contributed by atoms with van der Waals surface area (Å²) in [6.45, 7) is 2.91. The molecule has 0 spiro atoms. The molecule has 6 nitrogen and oxygen atoms in total. The second kappa shape index (κ2) is 14.7. The Labute approximate surface area is 335 Å². The van der Waals surface area contributed by atoms with Crippen LogP contribution in [0.5, 0.6) is 0 Å². The van der Waals surface area contributed by atoms with Crippen LogP contribution in [0.25, 0.3) is 15.4 Å². The first kappa shape index (κ1) is 34.5. The molecule has 5 heterocycles. The summed E-state index contributed by atoms with van der Waals surface area (Å²) in [5, 5.41) is 17.0. The van der Waals surface area contributed by atoms with Gasteiger partial charge in [0.1, 0.15) is 12.0 Å². The Morgan fingerprint density at radius 1 is 0.786 bits per heavy atom. The molecule has 8 atom stereocenters. The normalized spacial score (nSPS) is 31.8. The molecule has 8 unspecified atom stereocenters. The van der Waals surface area contributed by atoms with Gasteiger partial charge in [0.2, 0.25) is 0 Å². The van der Waals surface area contributed by atoms with Gasteiger partial charge in [0.25, 0.3) is 0 Å². The lowest BCUT2D eigenvalue weighted by molar-refractivity contribution is 0.273. The van der Waals surface area contributed by atoms with E-state index >= 15 is 0 Å². The van der Waals surface area contributed by atoms with E-state index in [1.165, 1.54) is 45.4 Å². The highest BCUT2D eigenvalue weighted by Gasteiger charge is 2.41. The molecular formula is C49H51N6S-. The van der Waals surface area contributed by atoms with Crippen molar-refractivity contribution in [2.75, 3.05) is 24.5 Å². The van der Waals surface area contributed by atoms with Gasteiger partial charge in [-0.05, 0) is 104 Å². The molecule has 0 amide bonds. The maximum atomic E-state index is 5.31. The van der Waals surface area contributed by atoms with E-state index in [2.05, 4.69) is 165 Å². The molecule has 0 bridgehead atoms. The molecule has 2 aromatic carbocycles. The van der Waals surface area contributed by atoms with Crippen molar-refractivity contribution in [3.05, 3.63) is 160 Å². The molecule has 284 valence electrons. The number of hydrogen-bond acceptors (Lipinski definition) is 6. The minimum Gasteiger partial charge on any atom is -0.662 e. The van der Waals surface area contributed by atoms with Crippen LogP contribution in [0.3, 0.4) is 0 Å². The Morgan fingerprint density at radius 2 is 1.61 bits per heavy atom. The number of thiophene rings is 1. The largest absolute Gasteiger partial charge is 0.662 e. The number of nitrogens with zero attached hydrogens (tertiary/aromatic N) is 3. The van der Waals surface area contributed by atoms with E-state index in [1.807, 2.05) is 0 Å². The highest BCUT2D eigenvalue weighted by molar-refractivity contribution is 7.19. The second-order valence-corrected chi connectivity index (χ2v) is 17.9. The number of dihydropyridines is 1. The molecule has 1 saturated heterocycles. The Bertz CT molecular complexity index is 2280.